The summed E-state index contributed by atoms with van der Waals surface area (Å²) in [5.74, 6) is 0.145. The molecule has 2 rings (SSSR count). The fourth-order valence-corrected chi connectivity index (χ4v) is 3.24. The lowest BCUT2D eigenvalue weighted by Crippen LogP contribution is -2.49. The molecule has 0 bridgehead atoms. The van der Waals surface area contributed by atoms with Crippen LogP contribution in [0.3, 0.4) is 0 Å². The first kappa shape index (κ1) is 23.5. The molecule has 0 radical (unpaired) electrons. The summed E-state index contributed by atoms with van der Waals surface area (Å²) in [5.41, 5.74) is 0.782. The minimum Gasteiger partial charge on any atom is -0.484 e. The molecule has 0 saturated carbocycles. The second kappa shape index (κ2) is 12.0. The summed E-state index contributed by atoms with van der Waals surface area (Å²) in [6.07, 6.45) is 1.88. The maximum absolute atomic E-state index is 13.0. The Kier molecular flexibility index (Phi) is 9.73. The zero-order chi connectivity index (χ0) is 21.2. The zero-order valence-corrected chi connectivity index (χ0v) is 19.6. The summed E-state index contributed by atoms with van der Waals surface area (Å²) < 4.78 is 6.72. The average Bonchev–Trinajstić information content (AvgIpc) is 2.72. The molecular weight excluding hydrogens is 503 g/mol. The van der Waals surface area contributed by atoms with Crippen molar-refractivity contribution in [1.29, 1.82) is 0 Å². The number of nitrogens with one attached hydrogen (secondary N) is 1. The van der Waals surface area contributed by atoms with Crippen molar-refractivity contribution in [3.8, 4) is 5.75 Å². The quantitative estimate of drug-likeness (QED) is 0.361. The first-order chi connectivity index (χ1) is 13.9. The second-order valence-electron chi connectivity index (χ2n) is 6.68. The van der Waals surface area contributed by atoms with E-state index >= 15 is 0 Å². The Hall–Kier alpha value is -1.80. The number of hydrogen-bond donors (Lipinski definition) is 1. The van der Waals surface area contributed by atoms with Crippen LogP contribution in [0.2, 0.25) is 5.02 Å². The molecule has 1 atom stereocenters. The molecule has 0 heterocycles. The number of carbonyl (C=O) groups is 2. The summed E-state index contributed by atoms with van der Waals surface area (Å²) in [6.45, 7) is 4.45. The zero-order valence-electron chi connectivity index (χ0n) is 16.7. The van der Waals surface area contributed by atoms with Gasteiger partial charge in [-0.25, -0.2) is 0 Å². The number of hydrogen-bond acceptors (Lipinski definition) is 3. The van der Waals surface area contributed by atoms with Crippen molar-refractivity contribution < 1.29 is 14.3 Å². The predicted octanol–water partition coefficient (Wildman–Crippen LogP) is 4.66. The van der Waals surface area contributed by atoms with Gasteiger partial charge >= 0.3 is 0 Å². The van der Waals surface area contributed by atoms with E-state index in [9.17, 15) is 9.59 Å². The number of carbonyl (C=O) groups excluding carboxylic acids is 2. The molecule has 156 valence electrons. The van der Waals surface area contributed by atoms with Gasteiger partial charge in [-0.05, 0) is 71.8 Å². The van der Waals surface area contributed by atoms with Crippen molar-refractivity contribution in [3.05, 3.63) is 62.7 Å². The fourth-order valence-electron chi connectivity index (χ4n) is 2.69. The van der Waals surface area contributed by atoms with Gasteiger partial charge in [0.15, 0.2) is 6.61 Å². The van der Waals surface area contributed by atoms with Crippen molar-refractivity contribution in [1.82, 2.24) is 10.2 Å². The van der Waals surface area contributed by atoms with Crippen molar-refractivity contribution in [3.63, 3.8) is 0 Å². The first-order valence-corrected chi connectivity index (χ1v) is 11.1. The van der Waals surface area contributed by atoms with Crippen LogP contribution in [-0.2, 0) is 16.1 Å². The topological polar surface area (TPSA) is 58.6 Å². The van der Waals surface area contributed by atoms with E-state index in [4.69, 9.17) is 16.3 Å². The van der Waals surface area contributed by atoms with Gasteiger partial charge in [0, 0.05) is 21.7 Å². The Morgan fingerprint density at radius 3 is 2.52 bits per heavy atom. The molecule has 5 nitrogen and oxygen atoms in total. The number of rotatable bonds is 10. The van der Waals surface area contributed by atoms with Crippen LogP contribution >= 0.6 is 34.2 Å². The lowest BCUT2D eigenvalue weighted by atomic mass is 10.1. The molecule has 7 heteroatoms. The second-order valence-corrected chi connectivity index (χ2v) is 8.33. The molecular formula is C22H26ClIN2O3. The first-order valence-electron chi connectivity index (χ1n) is 9.61. The Labute approximate surface area is 190 Å². The Morgan fingerprint density at radius 2 is 1.86 bits per heavy atom. The molecule has 29 heavy (non-hydrogen) atoms. The normalized spacial score (nSPS) is 11.6. The van der Waals surface area contributed by atoms with Gasteiger partial charge in [-0.1, -0.05) is 43.1 Å². The van der Waals surface area contributed by atoms with E-state index in [-0.39, 0.29) is 25.0 Å². The summed E-state index contributed by atoms with van der Waals surface area (Å²) in [6, 6.07) is 14.1. The van der Waals surface area contributed by atoms with E-state index in [2.05, 4.69) is 34.8 Å². The van der Waals surface area contributed by atoms with Crippen molar-refractivity contribution in [2.24, 2.45) is 0 Å². The number of benzene rings is 2. The Balaban J connectivity index is 2.11. The highest BCUT2D eigenvalue weighted by Gasteiger charge is 2.26. The van der Waals surface area contributed by atoms with Gasteiger partial charge in [-0.15, -0.1) is 0 Å². The highest BCUT2D eigenvalue weighted by molar-refractivity contribution is 14.1. The summed E-state index contributed by atoms with van der Waals surface area (Å²) in [5, 5.41) is 3.45. The van der Waals surface area contributed by atoms with Crippen LogP contribution in [0.15, 0.2) is 48.5 Å². The predicted molar refractivity (Wildman–Crippen MR) is 124 cm³/mol. The minimum absolute atomic E-state index is 0.155. The third-order valence-corrected chi connectivity index (χ3v) is 5.56. The van der Waals surface area contributed by atoms with Gasteiger partial charge in [0.2, 0.25) is 5.91 Å². The Morgan fingerprint density at radius 1 is 1.17 bits per heavy atom. The maximum Gasteiger partial charge on any atom is 0.261 e. The fraction of sp³-hybridized carbons (Fsp3) is 0.364. The van der Waals surface area contributed by atoms with Crippen LogP contribution in [0, 0.1) is 3.57 Å². The molecule has 0 saturated heterocycles. The lowest BCUT2D eigenvalue weighted by molar-refractivity contribution is -0.142. The van der Waals surface area contributed by atoms with E-state index in [1.807, 2.05) is 42.5 Å². The molecule has 0 unspecified atom stereocenters. The van der Waals surface area contributed by atoms with Crippen molar-refractivity contribution >= 4 is 46.0 Å². The number of nitrogens with zero attached hydrogens (tertiary/aromatic N) is 1. The number of halogens is 2. The van der Waals surface area contributed by atoms with Crippen molar-refractivity contribution in [2.75, 3.05) is 13.2 Å². The van der Waals surface area contributed by atoms with Gasteiger partial charge in [0.1, 0.15) is 11.8 Å². The van der Waals surface area contributed by atoms with E-state index < -0.39 is 6.04 Å². The standard InChI is InChI=1S/C22H26ClIN2O3/c1-3-4-13-25-22(28)16(2)26(14-17-7-5-6-8-20(17)23)21(27)15-29-19-11-9-18(24)10-12-19/h5-12,16H,3-4,13-15H2,1-2H3,(H,25,28)/t16-/m1/s1. The summed E-state index contributed by atoms with van der Waals surface area (Å²) in [7, 11) is 0. The molecule has 2 aromatic carbocycles. The number of ether oxygens (including phenoxy) is 1. The van der Waals surface area contributed by atoms with E-state index in [0.717, 1.165) is 22.0 Å². The SMILES string of the molecule is CCCCNC(=O)[C@@H](C)N(Cc1ccccc1Cl)C(=O)COc1ccc(I)cc1. The molecule has 0 aromatic heterocycles. The molecule has 2 aromatic rings. The maximum atomic E-state index is 13.0. The van der Waals surface area contributed by atoms with Crippen LogP contribution in [-0.4, -0.2) is 35.9 Å². The smallest absolute Gasteiger partial charge is 0.261 e. The van der Waals surface area contributed by atoms with Crippen LogP contribution in [0.1, 0.15) is 32.3 Å². The van der Waals surface area contributed by atoms with Crippen molar-refractivity contribution in [2.45, 2.75) is 39.3 Å². The van der Waals surface area contributed by atoms with Crippen LogP contribution < -0.4 is 10.1 Å². The molecule has 0 aliphatic carbocycles. The molecule has 2 amide bonds. The number of unbranched alkanes of at least 4 members (excludes halogenated alkanes) is 1. The van der Waals surface area contributed by atoms with E-state index in [1.165, 1.54) is 4.90 Å². The third kappa shape index (κ3) is 7.51. The molecule has 1 N–H and O–H groups in total. The minimum atomic E-state index is -0.643. The van der Waals surface area contributed by atoms with Crippen LogP contribution in [0.5, 0.6) is 5.75 Å². The van der Waals surface area contributed by atoms with Gasteiger partial charge in [-0.2, -0.15) is 0 Å². The lowest BCUT2D eigenvalue weighted by Gasteiger charge is -2.29. The monoisotopic (exact) mass is 528 g/mol. The van der Waals surface area contributed by atoms with Crippen LogP contribution in [0.25, 0.3) is 0 Å². The molecule has 0 fully saturated rings. The van der Waals surface area contributed by atoms with Gasteiger partial charge in [0.25, 0.3) is 5.91 Å². The Bertz CT molecular complexity index is 814. The average molecular weight is 529 g/mol. The largest absolute Gasteiger partial charge is 0.484 e. The van der Waals surface area contributed by atoms with Crippen LogP contribution in [0.4, 0.5) is 0 Å². The summed E-state index contributed by atoms with van der Waals surface area (Å²) in [4.78, 5) is 27.0. The number of amides is 2. The van der Waals surface area contributed by atoms with Gasteiger partial charge < -0.3 is 15.0 Å². The molecule has 0 aliphatic rings. The van der Waals surface area contributed by atoms with Gasteiger partial charge in [-0.3, -0.25) is 9.59 Å². The molecule has 0 aliphatic heterocycles. The highest BCUT2D eigenvalue weighted by Crippen LogP contribution is 2.19. The molecule has 0 spiro atoms. The van der Waals surface area contributed by atoms with E-state index in [1.54, 1.807) is 13.0 Å². The summed E-state index contributed by atoms with van der Waals surface area (Å²) >= 11 is 8.48. The third-order valence-electron chi connectivity index (χ3n) is 4.47. The highest BCUT2D eigenvalue weighted by atomic mass is 127. The van der Waals surface area contributed by atoms with E-state index in [0.29, 0.717) is 17.3 Å². The van der Waals surface area contributed by atoms with Gasteiger partial charge in [0.05, 0.1) is 0 Å².